The Kier molecular flexibility index (Phi) is 4.39. The van der Waals surface area contributed by atoms with Crippen LogP contribution >= 0.6 is 0 Å². The van der Waals surface area contributed by atoms with Crippen molar-refractivity contribution in [2.45, 2.75) is 19.5 Å². The van der Waals surface area contributed by atoms with Gasteiger partial charge in [0, 0.05) is 44.6 Å². The van der Waals surface area contributed by atoms with Crippen LogP contribution in [0.5, 0.6) is 0 Å². The van der Waals surface area contributed by atoms with Crippen molar-refractivity contribution < 1.29 is 4.74 Å². The molecule has 1 aliphatic heterocycles. The lowest BCUT2D eigenvalue weighted by molar-refractivity contribution is 0.0203. The maximum Gasteiger partial charge on any atom is 0.0594 e. The predicted molar refractivity (Wildman–Crippen MR) is 64.4 cm³/mol. The Labute approximate surface area is 97.0 Å². The zero-order chi connectivity index (χ0) is 11.2. The van der Waals surface area contributed by atoms with Crippen LogP contribution in [0.3, 0.4) is 0 Å². The number of aromatic amines is 1. The van der Waals surface area contributed by atoms with Gasteiger partial charge in [-0.25, -0.2) is 0 Å². The van der Waals surface area contributed by atoms with Crippen molar-refractivity contribution >= 4 is 0 Å². The summed E-state index contributed by atoms with van der Waals surface area (Å²) >= 11 is 0. The van der Waals surface area contributed by atoms with Gasteiger partial charge in [-0.15, -0.1) is 0 Å². The molecule has 2 rings (SSSR count). The number of ether oxygens (including phenoxy) is 1. The molecule has 90 valence electrons. The normalized spacial score (nSPS) is 19.8. The third-order valence-electron chi connectivity index (χ3n) is 3.10. The Bertz CT molecular complexity index is 280. The third-order valence-corrected chi connectivity index (χ3v) is 3.10. The molecule has 1 unspecified atom stereocenters. The molecule has 0 spiro atoms. The average Bonchev–Trinajstić information content (AvgIpc) is 2.83. The molecule has 1 saturated heterocycles. The van der Waals surface area contributed by atoms with Crippen LogP contribution in [0.4, 0.5) is 0 Å². The lowest BCUT2D eigenvalue weighted by atomic mass is 10.2. The molecule has 4 heteroatoms. The average molecular weight is 223 g/mol. The Morgan fingerprint density at radius 2 is 2.31 bits per heavy atom. The largest absolute Gasteiger partial charge is 0.379 e. The van der Waals surface area contributed by atoms with E-state index in [4.69, 9.17) is 4.74 Å². The topological polar surface area (TPSA) is 40.3 Å². The molecular formula is C12H21N3O. The summed E-state index contributed by atoms with van der Waals surface area (Å²) < 4.78 is 5.35. The van der Waals surface area contributed by atoms with Crippen LogP contribution in [0, 0.1) is 0 Å². The van der Waals surface area contributed by atoms with E-state index in [1.807, 2.05) is 12.4 Å². The van der Waals surface area contributed by atoms with E-state index in [0.29, 0.717) is 6.04 Å². The van der Waals surface area contributed by atoms with Gasteiger partial charge < -0.3 is 15.0 Å². The highest BCUT2D eigenvalue weighted by Crippen LogP contribution is 2.03. The molecule has 1 aromatic rings. The van der Waals surface area contributed by atoms with E-state index in [2.05, 4.69) is 28.2 Å². The zero-order valence-corrected chi connectivity index (χ0v) is 9.91. The fourth-order valence-corrected chi connectivity index (χ4v) is 2.04. The van der Waals surface area contributed by atoms with Gasteiger partial charge in [0.2, 0.25) is 0 Å². The molecule has 4 nitrogen and oxygen atoms in total. The molecule has 1 atom stereocenters. The van der Waals surface area contributed by atoms with E-state index >= 15 is 0 Å². The monoisotopic (exact) mass is 223 g/mol. The van der Waals surface area contributed by atoms with E-state index in [-0.39, 0.29) is 0 Å². The predicted octanol–water partition coefficient (Wildman–Crippen LogP) is 0.825. The van der Waals surface area contributed by atoms with Gasteiger partial charge >= 0.3 is 0 Å². The summed E-state index contributed by atoms with van der Waals surface area (Å²) in [5.41, 5.74) is 1.31. The second-order valence-electron chi connectivity index (χ2n) is 4.35. The molecule has 0 saturated carbocycles. The highest BCUT2D eigenvalue weighted by Gasteiger charge is 2.16. The summed E-state index contributed by atoms with van der Waals surface area (Å²) in [4.78, 5) is 5.54. The molecule has 1 fully saturated rings. The number of hydrogen-bond acceptors (Lipinski definition) is 3. The highest BCUT2D eigenvalue weighted by molar-refractivity contribution is 5.07. The number of nitrogens with one attached hydrogen (secondary N) is 2. The lowest BCUT2D eigenvalue weighted by Gasteiger charge is -2.32. The van der Waals surface area contributed by atoms with Crippen LogP contribution in [0.25, 0.3) is 0 Å². The first-order valence-corrected chi connectivity index (χ1v) is 6.00. The van der Waals surface area contributed by atoms with Crippen LogP contribution in [0.15, 0.2) is 18.5 Å². The number of H-pyrrole nitrogens is 1. The van der Waals surface area contributed by atoms with Crippen molar-refractivity contribution in [1.82, 2.24) is 15.2 Å². The van der Waals surface area contributed by atoms with Gasteiger partial charge in [-0.2, -0.15) is 0 Å². The number of hydrogen-bond donors (Lipinski definition) is 2. The Balaban J connectivity index is 1.65. The first-order valence-electron chi connectivity index (χ1n) is 6.00. The summed E-state index contributed by atoms with van der Waals surface area (Å²) in [5, 5.41) is 3.48. The SMILES string of the molecule is CC(CNCc1cc[nH]c1)N1CCOCC1. The number of morpholine rings is 1. The van der Waals surface area contributed by atoms with Crippen LogP contribution in [0.2, 0.25) is 0 Å². The van der Waals surface area contributed by atoms with Crippen LogP contribution in [-0.4, -0.2) is 48.8 Å². The van der Waals surface area contributed by atoms with Crippen molar-refractivity contribution in [3.8, 4) is 0 Å². The second kappa shape index (κ2) is 6.03. The molecule has 2 N–H and O–H groups in total. The Hall–Kier alpha value is -0.840. The molecule has 2 heterocycles. The fourth-order valence-electron chi connectivity index (χ4n) is 2.04. The van der Waals surface area contributed by atoms with Crippen LogP contribution < -0.4 is 5.32 Å². The molecule has 0 aromatic carbocycles. The maximum atomic E-state index is 5.35. The van der Waals surface area contributed by atoms with Gasteiger partial charge in [0.05, 0.1) is 13.2 Å². The zero-order valence-electron chi connectivity index (χ0n) is 9.91. The van der Waals surface area contributed by atoms with E-state index in [9.17, 15) is 0 Å². The van der Waals surface area contributed by atoms with E-state index < -0.39 is 0 Å². The van der Waals surface area contributed by atoms with Crippen molar-refractivity contribution in [1.29, 1.82) is 0 Å². The minimum absolute atomic E-state index is 0.586. The van der Waals surface area contributed by atoms with Gasteiger partial charge in [0.15, 0.2) is 0 Å². The van der Waals surface area contributed by atoms with Crippen molar-refractivity contribution in [3.05, 3.63) is 24.0 Å². The van der Waals surface area contributed by atoms with Gasteiger partial charge in [0.1, 0.15) is 0 Å². The van der Waals surface area contributed by atoms with Gasteiger partial charge in [-0.3, -0.25) is 4.90 Å². The first kappa shape index (κ1) is 11.6. The standard InChI is InChI=1S/C12H21N3O/c1-11(15-4-6-16-7-5-15)8-14-10-12-2-3-13-9-12/h2-3,9,11,13-14H,4-8,10H2,1H3. The minimum Gasteiger partial charge on any atom is -0.379 e. The first-order chi connectivity index (χ1) is 7.86. The van der Waals surface area contributed by atoms with Crippen molar-refractivity contribution in [2.24, 2.45) is 0 Å². The van der Waals surface area contributed by atoms with Crippen molar-refractivity contribution in [2.75, 3.05) is 32.8 Å². The van der Waals surface area contributed by atoms with Crippen LogP contribution in [0.1, 0.15) is 12.5 Å². The minimum atomic E-state index is 0.586. The Morgan fingerprint density at radius 1 is 1.50 bits per heavy atom. The quantitative estimate of drug-likeness (QED) is 0.776. The highest BCUT2D eigenvalue weighted by atomic mass is 16.5. The van der Waals surface area contributed by atoms with Crippen LogP contribution in [-0.2, 0) is 11.3 Å². The summed E-state index contributed by atoms with van der Waals surface area (Å²) in [6.45, 7) is 8.13. The molecule has 1 aliphatic rings. The molecule has 16 heavy (non-hydrogen) atoms. The van der Waals surface area contributed by atoms with Gasteiger partial charge in [0.25, 0.3) is 0 Å². The van der Waals surface area contributed by atoms with Gasteiger partial charge in [-0.05, 0) is 18.6 Å². The second-order valence-corrected chi connectivity index (χ2v) is 4.35. The molecule has 0 radical (unpaired) electrons. The Morgan fingerprint density at radius 3 is 3.00 bits per heavy atom. The van der Waals surface area contributed by atoms with E-state index in [1.165, 1.54) is 5.56 Å². The van der Waals surface area contributed by atoms with Crippen molar-refractivity contribution in [3.63, 3.8) is 0 Å². The van der Waals surface area contributed by atoms with E-state index in [0.717, 1.165) is 39.4 Å². The summed E-state index contributed by atoms with van der Waals surface area (Å²) in [6, 6.07) is 2.69. The summed E-state index contributed by atoms with van der Waals surface area (Å²) in [5.74, 6) is 0. The molecule has 0 bridgehead atoms. The third kappa shape index (κ3) is 3.33. The molecule has 0 aliphatic carbocycles. The molecule has 1 aromatic heterocycles. The van der Waals surface area contributed by atoms with Gasteiger partial charge in [-0.1, -0.05) is 0 Å². The maximum absolute atomic E-state index is 5.35. The fraction of sp³-hybridized carbons (Fsp3) is 0.667. The number of rotatable bonds is 5. The van der Waals surface area contributed by atoms with E-state index in [1.54, 1.807) is 0 Å². The summed E-state index contributed by atoms with van der Waals surface area (Å²) in [6.07, 6.45) is 3.99. The number of nitrogens with zero attached hydrogens (tertiary/aromatic N) is 1. The molecule has 0 amide bonds. The molecular weight excluding hydrogens is 202 g/mol. The number of aromatic nitrogens is 1. The lowest BCUT2D eigenvalue weighted by Crippen LogP contribution is -2.46. The summed E-state index contributed by atoms with van der Waals surface area (Å²) in [7, 11) is 0. The smallest absolute Gasteiger partial charge is 0.0594 e.